The van der Waals surface area contributed by atoms with Crippen molar-refractivity contribution in [3.8, 4) is 11.3 Å². The van der Waals surface area contributed by atoms with Crippen LogP contribution in [0.4, 0.5) is 20.2 Å². The first-order valence-corrected chi connectivity index (χ1v) is 9.11. The van der Waals surface area contributed by atoms with E-state index in [1.54, 1.807) is 0 Å². The standard InChI is InChI=1S/C16H9ClF2N4O3S/c17-16-20-8-11(19)15(21-16)9-5-6-10(18)13(7-9)23-27(25,26)14-4-2-1-3-12(14)22-24/h1-8,23H. The number of anilines is 1. The Morgan fingerprint density at radius 1 is 1.07 bits per heavy atom. The van der Waals surface area contributed by atoms with Crippen molar-refractivity contribution in [2.24, 2.45) is 5.18 Å². The zero-order valence-corrected chi connectivity index (χ0v) is 14.8. The molecule has 0 amide bonds. The van der Waals surface area contributed by atoms with E-state index in [-0.39, 0.29) is 22.2 Å². The highest BCUT2D eigenvalue weighted by Crippen LogP contribution is 2.30. The largest absolute Gasteiger partial charge is 0.277 e. The third kappa shape index (κ3) is 3.91. The SMILES string of the molecule is O=Nc1ccccc1S(=O)(=O)Nc1cc(-c2nc(Cl)ncc2F)ccc1F. The lowest BCUT2D eigenvalue weighted by Crippen LogP contribution is -2.14. The molecule has 0 saturated heterocycles. The third-order valence-corrected chi connectivity index (χ3v) is 5.05. The first-order chi connectivity index (χ1) is 12.8. The number of aromatic nitrogens is 2. The van der Waals surface area contributed by atoms with Gasteiger partial charge in [-0.15, -0.1) is 4.91 Å². The predicted molar refractivity (Wildman–Crippen MR) is 95.1 cm³/mol. The Morgan fingerprint density at radius 2 is 1.81 bits per heavy atom. The molecule has 3 aromatic rings. The molecule has 27 heavy (non-hydrogen) atoms. The van der Waals surface area contributed by atoms with E-state index in [9.17, 15) is 22.1 Å². The number of nitroso groups, excluding NO2 is 1. The highest BCUT2D eigenvalue weighted by Gasteiger charge is 2.21. The van der Waals surface area contributed by atoms with E-state index in [1.165, 1.54) is 24.3 Å². The van der Waals surface area contributed by atoms with Crippen LogP contribution in [0, 0.1) is 16.5 Å². The number of nitrogens with one attached hydrogen (secondary N) is 1. The Balaban J connectivity index is 2.05. The van der Waals surface area contributed by atoms with Gasteiger partial charge < -0.3 is 0 Å². The molecule has 0 aliphatic carbocycles. The van der Waals surface area contributed by atoms with Gasteiger partial charge in [-0.1, -0.05) is 12.1 Å². The minimum absolute atomic E-state index is 0.0673. The fraction of sp³-hybridized carbons (Fsp3) is 0. The number of hydrogen-bond donors (Lipinski definition) is 1. The average molecular weight is 411 g/mol. The van der Waals surface area contributed by atoms with Crippen LogP contribution in [0.3, 0.4) is 0 Å². The summed E-state index contributed by atoms with van der Waals surface area (Å²) < 4.78 is 55.1. The summed E-state index contributed by atoms with van der Waals surface area (Å²) in [5.41, 5.74) is -0.972. The van der Waals surface area contributed by atoms with Gasteiger partial charge in [0.25, 0.3) is 10.0 Å². The lowest BCUT2D eigenvalue weighted by atomic mass is 10.1. The summed E-state index contributed by atoms with van der Waals surface area (Å²) in [6.07, 6.45) is 0.837. The van der Waals surface area contributed by atoms with Gasteiger partial charge >= 0.3 is 0 Å². The Labute approximate surface area is 157 Å². The fourth-order valence-corrected chi connectivity index (χ4v) is 3.59. The molecule has 1 N–H and O–H groups in total. The Hall–Kier alpha value is -2.98. The molecule has 1 aromatic heterocycles. The summed E-state index contributed by atoms with van der Waals surface area (Å²) in [5, 5.41) is 2.41. The summed E-state index contributed by atoms with van der Waals surface area (Å²) in [6.45, 7) is 0. The fourth-order valence-electron chi connectivity index (χ4n) is 2.26. The molecule has 0 atom stereocenters. The zero-order chi connectivity index (χ0) is 19.6. The molecule has 0 radical (unpaired) electrons. The Morgan fingerprint density at radius 3 is 2.56 bits per heavy atom. The van der Waals surface area contributed by atoms with Crippen molar-refractivity contribution >= 4 is 33.0 Å². The van der Waals surface area contributed by atoms with Crippen LogP contribution < -0.4 is 4.72 Å². The van der Waals surface area contributed by atoms with Gasteiger partial charge in [-0.25, -0.2) is 27.2 Å². The van der Waals surface area contributed by atoms with E-state index in [1.807, 2.05) is 4.72 Å². The zero-order valence-electron chi connectivity index (χ0n) is 13.2. The number of benzene rings is 2. The maximum absolute atomic E-state index is 14.1. The topological polar surface area (TPSA) is 101 Å². The van der Waals surface area contributed by atoms with Gasteiger partial charge in [0.15, 0.2) is 5.82 Å². The van der Waals surface area contributed by atoms with Gasteiger partial charge in [-0.2, -0.15) is 0 Å². The molecular formula is C16H9ClF2N4O3S. The molecule has 0 aliphatic heterocycles. The molecule has 0 saturated carbocycles. The molecular weight excluding hydrogens is 402 g/mol. The lowest BCUT2D eigenvalue weighted by Gasteiger charge is -2.11. The van der Waals surface area contributed by atoms with Crippen molar-refractivity contribution in [2.45, 2.75) is 4.90 Å². The second kappa shape index (κ2) is 7.33. The molecule has 0 spiro atoms. The van der Waals surface area contributed by atoms with Crippen molar-refractivity contribution in [1.29, 1.82) is 0 Å². The first kappa shape index (κ1) is 18.8. The van der Waals surface area contributed by atoms with Crippen molar-refractivity contribution in [3.63, 3.8) is 0 Å². The summed E-state index contributed by atoms with van der Waals surface area (Å²) in [6, 6.07) is 8.35. The quantitative estimate of drug-likeness (QED) is 0.499. The van der Waals surface area contributed by atoms with Crippen LogP contribution in [-0.4, -0.2) is 18.4 Å². The number of sulfonamides is 1. The summed E-state index contributed by atoms with van der Waals surface area (Å²) in [7, 11) is -4.33. The molecule has 0 bridgehead atoms. The number of nitrogens with zero attached hydrogens (tertiary/aromatic N) is 3. The van der Waals surface area contributed by atoms with Crippen LogP contribution in [0.1, 0.15) is 0 Å². The second-order valence-electron chi connectivity index (χ2n) is 5.19. The van der Waals surface area contributed by atoms with Gasteiger partial charge in [0.1, 0.15) is 22.1 Å². The summed E-state index contributed by atoms with van der Waals surface area (Å²) in [5.74, 6) is -1.74. The number of hydrogen-bond acceptors (Lipinski definition) is 6. The highest BCUT2D eigenvalue weighted by molar-refractivity contribution is 7.92. The van der Waals surface area contributed by atoms with E-state index in [0.29, 0.717) is 0 Å². The van der Waals surface area contributed by atoms with Gasteiger partial charge in [0.2, 0.25) is 5.28 Å². The monoisotopic (exact) mass is 410 g/mol. The first-order valence-electron chi connectivity index (χ1n) is 7.25. The van der Waals surface area contributed by atoms with E-state index < -0.39 is 32.2 Å². The van der Waals surface area contributed by atoms with Crippen molar-refractivity contribution in [2.75, 3.05) is 4.72 Å². The van der Waals surface area contributed by atoms with Crippen LogP contribution >= 0.6 is 11.6 Å². The normalized spacial score (nSPS) is 11.2. The van der Waals surface area contributed by atoms with Crippen LogP contribution in [0.15, 0.2) is 58.7 Å². The second-order valence-corrected chi connectivity index (χ2v) is 7.18. The summed E-state index contributed by atoms with van der Waals surface area (Å²) in [4.78, 5) is 17.6. The van der Waals surface area contributed by atoms with Crippen molar-refractivity contribution in [1.82, 2.24) is 9.97 Å². The highest BCUT2D eigenvalue weighted by atomic mass is 35.5. The molecule has 0 unspecified atom stereocenters. The molecule has 0 fully saturated rings. The van der Waals surface area contributed by atoms with Gasteiger partial charge in [-0.3, -0.25) is 4.72 Å². The molecule has 0 aliphatic rings. The molecule has 11 heteroatoms. The van der Waals surface area contributed by atoms with Gasteiger partial charge in [0, 0.05) is 5.56 Å². The van der Waals surface area contributed by atoms with E-state index in [0.717, 1.165) is 24.4 Å². The van der Waals surface area contributed by atoms with Crippen LogP contribution in [0.25, 0.3) is 11.3 Å². The number of rotatable bonds is 5. The Kier molecular flexibility index (Phi) is 5.10. The minimum Gasteiger partial charge on any atom is -0.277 e. The minimum atomic E-state index is -4.33. The lowest BCUT2D eigenvalue weighted by molar-refractivity contribution is 0.598. The van der Waals surface area contributed by atoms with Crippen LogP contribution in [-0.2, 0) is 10.0 Å². The maximum atomic E-state index is 14.1. The molecule has 7 nitrogen and oxygen atoms in total. The van der Waals surface area contributed by atoms with Crippen LogP contribution in [0.5, 0.6) is 0 Å². The van der Waals surface area contributed by atoms with Gasteiger partial charge in [0.05, 0.1) is 11.9 Å². The van der Waals surface area contributed by atoms with Gasteiger partial charge in [-0.05, 0) is 47.1 Å². The molecule has 1 heterocycles. The molecule has 2 aromatic carbocycles. The maximum Gasteiger partial charge on any atom is 0.264 e. The average Bonchev–Trinajstić information content (AvgIpc) is 2.65. The van der Waals surface area contributed by atoms with Crippen molar-refractivity contribution in [3.05, 3.63) is 70.5 Å². The van der Waals surface area contributed by atoms with E-state index in [2.05, 4.69) is 15.1 Å². The van der Waals surface area contributed by atoms with Crippen molar-refractivity contribution < 1.29 is 17.2 Å². The summed E-state index contributed by atoms with van der Waals surface area (Å²) >= 11 is 5.64. The predicted octanol–water partition coefficient (Wildman–Crippen LogP) is 4.27. The molecule has 3 rings (SSSR count). The molecule has 138 valence electrons. The smallest absolute Gasteiger partial charge is 0.264 e. The van der Waals surface area contributed by atoms with E-state index in [4.69, 9.17) is 11.6 Å². The van der Waals surface area contributed by atoms with E-state index >= 15 is 0 Å². The Bertz CT molecular complexity index is 1140. The van der Waals surface area contributed by atoms with Crippen LogP contribution in [0.2, 0.25) is 5.28 Å². The number of halogens is 3. The third-order valence-electron chi connectivity index (χ3n) is 3.45.